The first-order chi connectivity index (χ1) is 10.1. The summed E-state index contributed by atoms with van der Waals surface area (Å²) in [6.45, 7) is 13.0. The van der Waals surface area contributed by atoms with Crippen LogP contribution in [0.15, 0.2) is 18.3 Å². The summed E-state index contributed by atoms with van der Waals surface area (Å²) in [5.74, 6) is 0.154. The zero-order valence-corrected chi connectivity index (χ0v) is 13.9. The molecule has 1 aromatic rings. The van der Waals surface area contributed by atoms with Gasteiger partial charge < -0.3 is 10.2 Å². The van der Waals surface area contributed by atoms with Gasteiger partial charge in [0.05, 0.1) is 17.9 Å². The topological polar surface area (TPSA) is 28.2 Å². The first kappa shape index (κ1) is 18.1. The highest BCUT2D eigenvalue weighted by Gasteiger charge is 2.21. The van der Waals surface area contributed by atoms with E-state index in [9.17, 15) is 4.39 Å². The van der Waals surface area contributed by atoms with Gasteiger partial charge in [-0.15, -0.1) is 0 Å². The van der Waals surface area contributed by atoms with Gasteiger partial charge in [-0.25, -0.2) is 4.39 Å². The van der Waals surface area contributed by atoms with Gasteiger partial charge in [-0.3, -0.25) is 4.98 Å². The summed E-state index contributed by atoms with van der Waals surface area (Å²) in [5.41, 5.74) is 0.929. The molecule has 4 heteroatoms. The molecule has 0 spiro atoms. The van der Waals surface area contributed by atoms with Crippen molar-refractivity contribution in [1.82, 2.24) is 15.2 Å². The Labute approximate surface area is 129 Å². The summed E-state index contributed by atoms with van der Waals surface area (Å²) in [7, 11) is 0. The number of aromatic nitrogens is 1. The quantitative estimate of drug-likeness (QED) is 0.714. The van der Waals surface area contributed by atoms with E-state index in [4.69, 9.17) is 0 Å². The molecule has 3 nitrogen and oxygen atoms in total. The molecule has 0 saturated heterocycles. The molecule has 0 saturated carbocycles. The van der Waals surface area contributed by atoms with Crippen LogP contribution in [0, 0.1) is 11.7 Å². The molecule has 0 aliphatic heterocycles. The molecule has 0 aliphatic rings. The predicted molar refractivity (Wildman–Crippen MR) is 86.8 cm³/mol. The molecular weight excluding hydrogens is 265 g/mol. The summed E-state index contributed by atoms with van der Waals surface area (Å²) >= 11 is 0. The second-order valence-corrected chi connectivity index (χ2v) is 5.71. The average Bonchev–Trinajstić information content (AvgIpc) is 2.46. The summed E-state index contributed by atoms with van der Waals surface area (Å²) in [6, 6.07) is 3.46. The molecule has 0 aromatic carbocycles. The molecule has 1 aromatic heterocycles. The minimum absolute atomic E-state index is 0.173. The lowest BCUT2D eigenvalue weighted by Crippen LogP contribution is -2.37. The van der Waals surface area contributed by atoms with Crippen LogP contribution in [0.1, 0.15) is 52.3 Å². The summed E-state index contributed by atoms with van der Waals surface area (Å²) in [4.78, 5) is 6.77. The van der Waals surface area contributed by atoms with Crippen molar-refractivity contribution in [3.05, 3.63) is 29.8 Å². The average molecular weight is 295 g/mol. The zero-order chi connectivity index (χ0) is 15.7. The number of hydrogen-bond donors (Lipinski definition) is 1. The number of nitrogens with zero attached hydrogens (tertiary/aromatic N) is 2. The largest absolute Gasteiger partial charge is 0.309 e. The molecule has 0 radical (unpaired) electrons. The Kier molecular flexibility index (Phi) is 8.47. The summed E-state index contributed by atoms with van der Waals surface area (Å²) in [5, 5.41) is 3.50. The Morgan fingerprint density at radius 1 is 1.19 bits per heavy atom. The Morgan fingerprint density at radius 3 is 2.33 bits per heavy atom. The maximum absolute atomic E-state index is 13.1. The van der Waals surface area contributed by atoms with Crippen molar-refractivity contribution >= 4 is 0 Å². The number of pyridine rings is 1. The van der Waals surface area contributed by atoms with Gasteiger partial charge in [0.1, 0.15) is 5.82 Å². The van der Waals surface area contributed by atoms with Crippen molar-refractivity contribution in [3.8, 4) is 0 Å². The molecule has 0 aliphatic carbocycles. The van der Waals surface area contributed by atoms with E-state index in [0.717, 1.165) is 31.9 Å². The standard InChI is InChI=1S/C17H30FN3/c1-5-10-21(11-6-2)13-14(4)17(19-7-3)16-9-8-15(18)12-20-16/h8-9,12,14,17,19H,5-7,10-11,13H2,1-4H3. The molecule has 0 amide bonds. The molecule has 1 N–H and O–H groups in total. The molecule has 1 rings (SSSR count). The third kappa shape index (κ3) is 6.10. The maximum atomic E-state index is 13.1. The molecule has 1 heterocycles. The lowest BCUT2D eigenvalue weighted by atomic mass is 9.97. The van der Waals surface area contributed by atoms with Crippen LogP contribution in [0.3, 0.4) is 0 Å². The number of halogens is 1. The highest BCUT2D eigenvalue weighted by atomic mass is 19.1. The van der Waals surface area contributed by atoms with Crippen molar-refractivity contribution in [1.29, 1.82) is 0 Å². The minimum atomic E-state index is -0.278. The van der Waals surface area contributed by atoms with Crippen LogP contribution < -0.4 is 5.32 Å². The van der Waals surface area contributed by atoms with Gasteiger partial charge in [0.15, 0.2) is 0 Å². The van der Waals surface area contributed by atoms with Crippen molar-refractivity contribution in [3.63, 3.8) is 0 Å². The lowest BCUT2D eigenvalue weighted by Gasteiger charge is -2.30. The fourth-order valence-corrected chi connectivity index (χ4v) is 2.83. The minimum Gasteiger partial charge on any atom is -0.309 e. The molecule has 0 bridgehead atoms. The van der Waals surface area contributed by atoms with Crippen molar-refractivity contribution < 1.29 is 4.39 Å². The van der Waals surface area contributed by atoms with E-state index in [1.165, 1.54) is 25.1 Å². The van der Waals surface area contributed by atoms with Crippen LogP contribution in [-0.2, 0) is 0 Å². The van der Waals surface area contributed by atoms with Gasteiger partial charge in [0.25, 0.3) is 0 Å². The SMILES string of the molecule is CCCN(CCC)CC(C)C(NCC)c1ccc(F)cn1. The first-order valence-corrected chi connectivity index (χ1v) is 8.19. The summed E-state index contributed by atoms with van der Waals surface area (Å²) in [6.07, 6.45) is 3.66. The molecular formula is C17H30FN3. The summed E-state index contributed by atoms with van der Waals surface area (Å²) < 4.78 is 13.1. The van der Waals surface area contributed by atoms with Crippen LogP contribution >= 0.6 is 0 Å². The fraction of sp³-hybridized carbons (Fsp3) is 0.706. The van der Waals surface area contributed by atoms with Gasteiger partial charge >= 0.3 is 0 Å². The van der Waals surface area contributed by atoms with Crippen LogP contribution in [0.25, 0.3) is 0 Å². The molecule has 21 heavy (non-hydrogen) atoms. The van der Waals surface area contributed by atoms with Gasteiger partial charge in [0.2, 0.25) is 0 Å². The van der Waals surface area contributed by atoms with Gasteiger partial charge in [-0.1, -0.05) is 27.7 Å². The van der Waals surface area contributed by atoms with Crippen molar-refractivity contribution in [2.75, 3.05) is 26.2 Å². The highest BCUT2D eigenvalue weighted by Crippen LogP contribution is 2.21. The normalized spacial score (nSPS) is 14.4. The van der Waals surface area contributed by atoms with Gasteiger partial charge in [0, 0.05) is 6.54 Å². The molecule has 0 fully saturated rings. The Bertz CT molecular complexity index is 374. The van der Waals surface area contributed by atoms with E-state index in [0.29, 0.717) is 5.92 Å². The predicted octanol–water partition coefficient (Wildman–Crippen LogP) is 3.63. The van der Waals surface area contributed by atoms with E-state index in [-0.39, 0.29) is 11.9 Å². The van der Waals surface area contributed by atoms with Crippen molar-refractivity contribution in [2.24, 2.45) is 5.92 Å². The molecule has 2 atom stereocenters. The zero-order valence-electron chi connectivity index (χ0n) is 13.9. The molecule has 120 valence electrons. The number of rotatable bonds is 10. The second-order valence-electron chi connectivity index (χ2n) is 5.71. The Hall–Kier alpha value is -1.00. The van der Waals surface area contributed by atoms with E-state index >= 15 is 0 Å². The Balaban J connectivity index is 2.76. The fourth-order valence-electron chi connectivity index (χ4n) is 2.83. The van der Waals surface area contributed by atoms with Crippen LogP contribution in [0.5, 0.6) is 0 Å². The third-order valence-electron chi connectivity index (χ3n) is 3.69. The van der Waals surface area contributed by atoms with Gasteiger partial charge in [-0.05, 0) is 50.5 Å². The van der Waals surface area contributed by atoms with Crippen LogP contribution in [-0.4, -0.2) is 36.1 Å². The van der Waals surface area contributed by atoms with Crippen molar-refractivity contribution in [2.45, 2.75) is 46.6 Å². The Morgan fingerprint density at radius 2 is 1.86 bits per heavy atom. The van der Waals surface area contributed by atoms with Gasteiger partial charge in [-0.2, -0.15) is 0 Å². The van der Waals surface area contributed by atoms with Crippen LogP contribution in [0.4, 0.5) is 4.39 Å². The van der Waals surface area contributed by atoms with Crippen LogP contribution in [0.2, 0.25) is 0 Å². The van der Waals surface area contributed by atoms with E-state index < -0.39 is 0 Å². The van der Waals surface area contributed by atoms with E-state index in [2.05, 4.69) is 42.9 Å². The maximum Gasteiger partial charge on any atom is 0.141 e. The monoisotopic (exact) mass is 295 g/mol. The first-order valence-electron chi connectivity index (χ1n) is 8.19. The van der Waals surface area contributed by atoms with E-state index in [1.807, 2.05) is 0 Å². The smallest absolute Gasteiger partial charge is 0.141 e. The number of hydrogen-bond acceptors (Lipinski definition) is 3. The number of nitrogens with one attached hydrogen (secondary N) is 1. The second kappa shape index (κ2) is 9.85. The molecule has 2 unspecified atom stereocenters. The third-order valence-corrected chi connectivity index (χ3v) is 3.69. The lowest BCUT2D eigenvalue weighted by molar-refractivity contribution is 0.210. The highest BCUT2D eigenvalue weighted by molar-refractivity contribution is 5.11. The van der Waals surface area contributed by atoms with E-state index in [1.54, 1.807) is 6.07 Å².